The standard InChI is InChI=1S/C15H8ClFN4/c16-13-7-8-14-18-19-15(21(14)20-13)11-5-6-12(17)10-4-2-1-3-9(10)11/h1-8H. The second kappa shape index (κ2) is 4.49. The Balaban J connectivity index is 2.09. The van der Waals surface area contributed by atoms with E-state index in [4.69, 9.17) is 11.6 Å². The molecule has 0 aliphatic carbocycles. The largest absolute Gasteiger partial charge is 0.206 e. The van der Waals surface area contributed by atoms with Crippen LogP contribution in [0.5, 0.6) is 0 Å². The predicted octanol–water partition coefficient (Wildman–Crippen LogP) is 3.74. The number of hydrogen-bond donors (Lipinski definition) is 0. The molecule has 0 aliphatic rings. The van der Waals surface area contributed by atoms with E-state index < -0.39 is 0 Å². The number of halogens is 2. The molecule has 6 heteroatoms. The molecule has 0 unspecified atom stereocenters. The first-order valence-corrected chi connectivity index (χ1v) is 6.67. The Bertz CT molecular complexity index is 980. The van der Waals surface area contributed by atoms with Gasteiger partial charge in [-0.05, 0) is 29.7 Å². The molecule has 2 aromatic heterocycles. The van der Waals surface area contributed by atoms with Crippen molar-refractivity contribution in [1.29, 1.82) is 0 Å². The predicted molar refractivity (Wildman–Crippen MR) is 78.7 cm³/mol. The fourth-order valence-corrected chi connectivity index (χ4v) is 2.53. The summed E-state index contributed by atoms with van der Waals surface area (Å²) < 4.78 is 15.5. The van der Waals surface area contributed by atoms with E-state index >= 15 is 0 Å². The van der Waals surface area contributed by atoms with Crippen molar-refractivity contribution in [3.05, 3.63) is 59.5 Å². The Labute approximate surface area is 123 Å². The maximum Gasteiger partial charge on any atom is 0.186 e. The molecule has 0 N–H and O–H groups in total. The second-order valence-corrected chi connectivity index (χ2v) is 4.98. The molecule has 102 valence electrons. The van der Waals surface area contributed by atoms with Crippen molar-refractivity contribution in [2.24, 2.45) is 0 Å². The van der Waals surface area contributed by atoms with E-state index in [1.807, 2.05) is 12.1 Å². The molecule has 0 saturated heterocycles. The Morgan fingerprint density at radius 3 is 2.57 bits per heavy atom. The summed E-state index contributed by atoms with van der Waals surface area (Å²) in [5, 5.41) is 14.1. The third kappa shape index (κ3) is 1.86. The molecule has 4 rings (SSSR count). The molecule has 0 fully saturated rings. The number of fused-ring (bicyclic) bond motifs is 2. The number of nitrogens with zero attached hydrogens (tertiary/aromatic N) is 4. The molecule has 0 spiro atoms. The highest BCUT2D eigenvalue weighted by atomic mass is 35.5. The van der Waals surface area contributed by atoms with Crippen LogP contribution in [-0.4, -0.2) is 19.8 Å². The van der Waals surface area contributed by atoms with Gasteiger partial charge in [-0.2, -0.15) is 9.61 Å². The van der Waals surface area contributed by atoms with Crippen molar-refractivity contribution >= 4 is 28.0 Å². The van der Waals surface area contributed by atoms with Crippen molar-refractivity contribution in [3.63, 3.8) is 0 Å². The molecule has 0 atom stereocenters. The van der Waals surface area contributed by atoms with E-state index in [1.165, 1.54) is 6.07 Å². The van der Waals surface area contributed by atoms with Gasteiger partial charge in [0.1, 0.15) is 11.0 Å². The van der Waals surface area contributed by atoms with Crippen LogP contribution < -0.4 is 0 Å². The lowest BCUT2D eigenvalue weighted by molar-refractivity contribution is 0.640. The van der Waals surface area contributed by atoms with Crippen molar-refractivity contribution in [1.82, 2.24) is 19.8 Å². The minimum Gasteiger partial charge on any atom is -0.206 e. The number of benzene rings is 2. The summed E-state index contributed by atoms with van der Waals surface area (Å²) in [6.45, 7) is 0. The summed E-state index contributed by atoms with van der Waals surface area (Å²) in [4.78, 5) is 0. The van der Waals surface area contributed by atoms with Gasteiger partial charge in [-0.25, -0.2) is 4.39 Å². The zero-order valence-electron chi connectivity index (χ0n) is 10.7. The van der Waals surface area contributed by atoms with E-state index in [9.17, 15) is 4.39 Å². The van der Waals surface area contributed by atoms with Gasteiger partial charge in [0.15, 0.2) is 11.5 Å². The van der Waals surface area contributed by atoms with Gasteiger partial charge in [-0.1, -0.05) is 35.9 Å². The lowest BCUT2D eigenvalue weighted by atomic mass is 10.0. The maximum absolute atomic E-state index is 13.9. The van der Waals surface area contributed by atoms with Gasteiger partial charge in [0.2, 0.25) is 0 Å². The van der Waals surface area contributed by atoms with Crippen LogP contribution in [-0.2, 0) is 0 Å². The van der Waals surface area contributed by atoms with Gasteiger partial charge in [-0.3, -0.25) is 0 Å². The molecule has 0 amide bonds. The first kappa shape index (κ1) is 12.2. The van der Waals surface area contributed by atoms with Crippen LogP contribution in [0.1, 0.15) is 0 Å². The molecule has 4 aromatic rings. The quantitative estimate of drug-likeness (QED) is 0.538. The van der Waals surface area contributed by atoms with Crippen LogP contribution >= 0.6 is 11.6 Å². The fraction of sp³-hybridized carbons (Fsp3) is 0. The third-order valence-electron chi connectivity index (χ3n) is 3.34. The molecule has 2 aromatic carbocycles. The lowest BCUT2D eigenvalue weighted by Gasteiger charge is -2.05. The molecular weight excluding hydrogens is 291 g/mol. The summed E-state index contributed by atoms with van der Waals surface area (Å²) in [7, 11) is 0. The van der Waals surface area contributed by atoms with E-state index in [0.29, 0.717) is 22.0 Å². The SMILES string of the molecule is Fc1ccc(-c2nnc3ccc(Cl)nn23)c2ccccc12. The van der Waals surface area contributed by atoms with E-state index in [2.05, 4.69) is 15.3 Å². The van der Waals surface area contributed by atoms with Crippen molar-refractivity contribution in [2.75, 3.05) is 0 Å². The number of hydrogen-bond acceptors (Lipinski definition) is 3. The molecule has 4 nitrogen and oxygen atoms in total. The average Bonchev–Trinajstić information content (AvgIpc) is 2.91. The van der Waals surface area contributed by atoms with Gasteiger partial charge in [-0.15, -0.1) is 10.2 Å². The summed E-state index contributed by atoms with van der Waals surface area (Å²) in [5.74, 6) is 0.262. The summed E-state index contributed by atoms with van der Waals surface area (Å²) >= 11 is 5.93. The minimum absolute atomic E-state index is 0.269. The number of aromatic nitrogens is 4. The summed E-state index contributed by atoms with van der Waals surface area (Å²) in [6, 6.07) is 13.7. The first-order valence-electron chi connectivity index (χ1n) is 6.29. The van der Waals surface area contributed by atoms with Gasteiger partial charge < -0.3 is 0 Å². The average molecular weight is 299 g/mol. The Morgan fingerprint density at radius 1 is 0.905 bits per heavy atom. The van der Waals surface area contributed by atoms with Crippen LogP contribution in [0.3, 0.4) is 0 Å². The summed E-state index contributed by atoms with van der Waals surface area (Å²) in [5.41, 5.74) is 1.34. The summed E-state index contributed by atoms with van der Waals surface area (Å²) in [6.07, 6.45) is 0. The van der Waals surface area contributed by atoms with Gasteiger partial charge in [0.25, 0.3) is 0 Å². The Hall–Kier alpha value is -2.53. The Kier molecular flexibility index (Phi) is 2.62. The molecule has 2 heterocycles. The van der Waals surface area contributed by atoms with Crippen LogP contribution in [0.25, 0.3) is 27.8 Å². The fourth-order valence-electron chi connectivity index (χ4n) is 2.39. The molecule has 0 radical (unpaired) electrons. The van der Waals surface area contributed by atoms with E-state index in [-0.39, 0.29) is 5.82 Å². The van der Waals surface area contributed by atoms with Gasteiger partial charge in [0, 0.05) is 10.9 Å². The van der Waals surface area contributed by atoms with E-state index in [1.54, 1.807) is 34.8 Å². The van der Waals surface area contributed by atoms with Crippen molar-refractivity contribution in [3.8, 4) is 11.4 Å². The van der Waals surface area contributed by atoms with Crippen LogP contribution in [0.2, 0.25) is 5.15 Å². The molecule has 0 bridgehead atoms. The smallest absolute Gasteiger partial charge is 0.186 e. The van der Waals surface area contributed by atoms with Crippen molar-refractivity contribution in [2.45, 2.75) is 0 Å². The van der Waals surface area contributed by atoms with Crippen LogP contribution in [0.4, 0.5) is 4.39 Å². The van der Waals surface area contributed by atoms with Crippen molar-refractivity contribution < 1.29 is 4.39 Å². The highest BCUT2D eigenvalue weighted by Gasteiger charge is 2.14. The number of rotatable bonds is 1. The molecule has 0 saturated carbocycles. The second-order valence-electron chi connectivity index (χ2n) is 4.59. The van der Waals surface area contributed by atoms with Gasteiger partial charge in [0.05, 0.1) is 0 Å². The Morgan fingerprint density at radius 2 is 1.71 bits per heavy atom. The monoisotopic (exact) mass is 298 g/mol. The maximum atomic E-state index is 13.9. The van der Waals surface area contributed by atoms with Gasteiger partial charge >= 0.3 is 0 Å². The molecule has 21 heavy (non-hydrogen) atoms. The van der Waals surface area contributed by atoms with Crippen LogP contribution in [0.15, 0.2) is 48.5 Å². The highest BCUT2D eigenvalue weighted by Crippen LogP contribution is 2.29. The minimum atomic E-state index is -0.269. The van der Waals surface area contributed by atoms with E-state index in [0.717, 1.165) is 10.9 Å². The highest BCUT2D eigenvalue weighted by molar-refractivity contribution is 6.29. The lowest BCUT2D eigenvalue weighted by Crippen LogP contribution is -1.96. The third-order valence-corrected chi connectivity index (χ3v) is 3.54. The van der Waals surface area contributed by atoms with Crippen LogP contribution in [0, 0.1) is 5.82 Å². The normalized spacial score (nSPS) is 11.3. The zero-order valence-corrected chi connectivity index (χ0v) is 11.4. The molecular formula is C15H8ClFN4. The zero-order chi connectivity index (χ0) is 14.4. The molecule has 0 aliphatic heterocycles. The first-order chi connectivity index (χ1) is 10.2. The topological polar surface area (TPSA) is 43.1 Å².